The van der Waals surface area contributed by atoms with Crippen LogP contribution in [-0.4, -0.2) is 48.0 Å². The fourth-order valence-electron chi connectivity index (χ4n) is 3.20. The van der Waals surface area contributed by atoms with Crippen LogP contribution < -0.4 is 4.74 Å². The minimum atomic E-state index is -0.502. The van der Waals surface area contributed by atoms with Crippen LogP contribution >= 0.6 is 0 Å². The van der Waals surface area contributed by atoms with Crippen LogP contribution in [0, 0.1) is 0 Å². The van der Waals surface area contributed by atoms with E-state index in [4.69, 9.17) is 14.2 Å². The summed E-state index contributed by atoms with van der Waals surface area (Å²) in [6.45, 7) is 11.2. The second-order valence-corrected chi connectivity index (χ2v) is 8.27. The van der Waals surface area contributed by atoms with Gasteiger partial charge < -0.3 is 14.2 Å². The Balaban J connectivity index is 1.64. The van der Waals surface area contributed by atoms with Crippen LogP contribution in [0.25, 0.3) is 0 Å². The Bertz CT molecular complexity index is 601. The van der Waals surface area contributed by atoms with Crippen molar-refractivity contribution >= 4 is 6.09 Å². The second-order valence-electron chi connectivity index (χ2n) is 8.27. The van der Waals surface area contributed by atoms with Crippen LogP contribution in [0.1, 0.15) is 52.5 Å². The summed E-state index contributed by atoms with van der Waals surface area (Å²) in [7, 11) is 0. The molecule has 138 valence electrons. The molecule has 0 aromatic heterocycles. The Morgan fingerprint density at radius 3 is 2.40 bits per heavy atom. The number of amides is 1. The molecule has 5 nitrogen and oxygen atoms in total. The highest BCUT2D eigenvalue weighted by Gasteiger charge is 2.47. The van der Waals surface area contributed by atoms with Crippen LogP contribution in [0.4, 0.5) is 4.79 Å². The Morgan fingerprint density at radius 1 is 1.24 bits per heavy atom. The normalized spacial score (nSPS) is 26.0. The lowest BCUT2D eigenvalue weighted by atomic mass is 10.0. The van der Waals surface area contributed by atoms with E-state index in [2.05, 4.69) is 26.0 Å². The minimum absolute atomic E-state index is 0.0355. The molecule has 5 heteroatoms. The first-order valence-corrected chi connectivity index (χ1v) is 9.11. The number of carbonyl (C=O) groups excluding carboxylic acids is 1. The molecule has 3 atom stereocenters. The standard InChI is InChI=1S/C20H29NO4/c1-13(2)14-6-8-15(9-7-14)24-16-10-17(18-12-23-18)21(11-16)19(22)25-20(3,4)5/h6-9,13,16-18H,10-12H2,1-5H3/t16-,17-,18?/m0/s1. The molecule has 0 spiro atoms. The number of ether oxygens (including phenoxy) is 3. The largest absolute Gasteiger partial charge is 0.489 e. The molecule has 1 aromatic rings. The van der Waals surface area contributed by atoms with Gasteiger partial charge in [0.1, 0.15) is 23.6 Å². The average molecular weight is 347 g/mol. The molecule has 0 radical (unpaired) electrons. The van der Waals surface area contributed by atoms with E-state index in [-0.39, 0.29) is 24.3 Å². The van der Waals surface area contributed by atoms with E-state index < -0.39 is 5.60 Å². The van der Waals surface area contributed by atoms with Crippen LogP contribution in [0.3, 0.4) is 0 Å². The van der Waals surface area contributed by atoms with E-state index in [1.54, 1.807) is 4.90 Å². The van der Waals surface area contributed by atoms with E-state index >= 15 is 0 Å². The number of likely N-dealkylation sites (tertiary alicyclic amines) is 1. The molecule has 3 rings (SSSR count). The van der Waals surface area contributed by atoms with Gasteiger partial charge in [0.2, 0.25) is 0 Å². The first-order chi connectivity index (χ1) is 11.7. The smallest absolute Gasteiger partial charge is 0.410 e. The third-order valence-electron chi connectivity index (χ3n) is 4.57. The lowest BCUT2D eigenvalue weighted by molar-refractivity contribution is 0.0192. The topological polar surface area (TPSA) is 51.3 Å². The van der Waals surface area contributed by atoms with Gasteiger partial charge in [0.25, 0.3) is 0 Å². The zero-order valence-electron chi connectivity index (χ0n) is 15.8. The highest BCUT2D eigenvalue weighted by Crippen LogP contribution is 2.32. The van der Waals surface area contributed by atoms with Crippen molar-refractivity contribution in [3.05, 3.63) is 29.8 Å². The Kier molecular flexibility index (Phi) is 4.96. The van der Waals surface area contributed by atoms with Gasteiger partial charge in [-0.1, -0.05) is 26.0 Å². The molecular weight excluding hydrogens is 318 g/mol. The van der Waals surface area contributed by atoms with Gasteiger partial charge in [0.15, 0.2) is 0 Å². The first kappa shape index (κ1) is 18.1. The van der Waals surface area contributed by atoms with Crippen molar-refractivity contribution in [3.63, 3.8) is 0 Å². The van der Waals surface area contributed by atoms with E-state index in [0.717, 1.165) is 12.2 Å². The highest BCUT2D eigenvalue weighted by atomic mass is 16.6. The maximum atomic E-state index is 12.5. The summed E-state index contributed by atoms with van der Waals surface area (Å²) in [6, 6.07) is 8.25. The molecule has 25 heavy (non-hydrogen) atoms. The number of hydrogen-bond donors (Lipinski definition) is 0. The van der Waals surface area contributed by atoms with Crippen molar-refractivity contribution in [2.45, 2.75) is 70.8 Å². The molecule has 2 aliphatic rings. The van der Waals surface area contributed by atoms with E-state index in [9.17, 15) is 4.79 Å². The molecule has 1 amide bonds. The number of carbonyl (C=O) groups is 1. The summed E-state index contributed by atoms with van der Waals surface area (Å²) >= 11 is 0. The molecule has 0 bridgehead atoms. The van der Waals surface area contributed by atoms with Crippen molar-refractivity contribution < 1.29 is 19.0 Å². The second kappa shape index (κ2) is 6.87. The van der Waals surface area contributed by atoms with Gasteiger partial charge >= 0.3 is 6.09 Å². The molecule has 0 aliphatic carbocycles. The molecule has 0 saturated carbocycles. The van der Waals surface area contributed by atoms with Crippen molar-refractivity contribution in [2.75, 3.05) is 13.2 Å². The van der Waals surface area contributed by atoms with Crippen molar-refractivity contribution in [3.8, 4) is 5.75 Å². The van der Waals surface area contributed by atoms with Gasteiger partial charge in [0.05, 0.1) is 19.2 Å². The van der Waals surface area contributed by atoms with Crippen LogP contribution in [0.15, 0.2) is 24.3 Å². The summed E-state index contributed by atoms with van der Waals surface area (Å²) in [5.41, 5.74) is 0.788. The lowest BCUT2D eigenvalue weighted by Gasteiger charge is -2.27. The van der Waals surface area contributed by atoms with Crippen molar-refractivity contribution in [2.24, 2.45) is 0 Å². The zero-order chi connectivity index (χ0) is 18.2. The van der Waals surface area contributed by atoms with Gasteiger partial charge in [-0.3, -0.25) is 4.90 Å². The molecule has 2 fully saturated rings. The van der Waals surface area contributed by atoms with Crippen LogP contribution in [0.2, 0.25) is 0 Å². The van der Waals surface area contributed by atoms with Gasteiger partial charge in [0, 0.05) is 6.42 Å². The predicted molar refractivity (Wildman–Crippen MR) is 96.0 cm³/mol. The highest BCUT2D eigenvalue weighted by molar-refractivity contribution is 5.69. The van der Waals surface area contributed by atoms with Gasteiger partial charge in [-0.05, 0) is 44.4 Å². The monoisotopic (exact) mass is 347 g/mol. The number of nitrogens with zero attached hydrogens (tertiary/aromatic N) is 1. The zero-order valence-corrected chi connectivity index (χ0v) is 15.8. The summed E-state index contributed by atoms with van der Waals surface area (Å²) in [6.07, 6.45) is 0.570. The van der Waals surface area contributed by atoms with E-state index in [0.29, 0.717) is 19.1 Å². The van der Waals surface area contributed by atoms with E-state index in [1.165, 1.54) is 5.56 Å². The molecule has 0 N–H and O–H groups in total. The molecular formula is C20H29NO4. The number of benzene rings is 1. The molecule has 2 aliphatic heterocycles. The SMILES string of the molecule is CC(C)c1ccc(O[C@H]2C[C@@H](C3CO3)N(C(=O)OC(C)(C)C)C2)cc1. The molecule has 2 heterocycles. The first-order valence-electron chi connectivity index (χ1n) is 9.11. The molecule has 1 aromatic carbocycles. The fraction of sp³-hybridized carbons (Fsp3) is 0.650. The van der Waals surface area contributed by atoms with Crippen LogP contribution in [0.5, 0.6) is 5.75 Å². The fourth-order valence-corrected chi connectivity index (χ4v) is 3.20. The third-order valence-corrected chi connectivity index (χ3v) is 4.57. The maximum Gasteiger partial charge on any atom is 0.410 e. The summed E-state index contributed by atoms with van der Waals surface area (Å²) < 4.78 is 17.1. The van der Waals surface area contributed by atoms with E-state index in [1.807, 2.05) is 32.9 Å². The van der Waals surface area contributed by atoms with Gasteiger partial charge in [-0.15, -0.1) is 0 Å². The van der Waals surface area contributed by atoms with Crippen molar-refractivity contribution in [1.29, 1.82) is 0 Å². The summed E-state index contributed by atoms with van der Waals surface area (Å²) in [4.78, 5) is 14.3. The number of hydrogen-bond acceptors (Lipinski definition) is 4. The molecule has 1 unspecified atom stereocenters. The minimum Gasteiger partial charge on any atom is -0.489 e. The number of rotatable bonds is 4. The third kappa shape index (κ3) is 4.66. The predicted octanol–water partition coefficient (Wildman–Crippen LogP) is 3.97. The quantitative estimate of drug-likeness (QED) is 0.774. The van der Waals surface area contributed by atoms with Gasteiger partial charge in [-0.2, -0.15) is 0 Å². The Hall–Kier alpha value is -1.75. The average Bonchev–Trinajstić information content (AvgIpc) is 3.27. The lowest BCUT2D eigenvalue weighted by Crippen LogP contribution is -2.42. The van der Waals surface area contributed by atoms with Crippen molar-refractivity contribution in [1.82, 2.24) is 4.90 Å². The summed E-state index contributed by atoms with van der Waals surface area (Å²) in [5.74, 6) is 1.34. The molecule has 2 saturated heterocycles. The van der Waals surface area contributed by atoms with Gasteiger partial charge in [-0.25, -0.2) is 4.79 Å². The summed E-state index contributed by atoms with van der Waals surface area (Å²) in [5, 5.41) is 0. The van der Waals surface area contributed by atoms with Crippen LogP contribution in [-0.2, 0) is 9.47 Å². The maximum absolute atomic E-state index is 12.5. The Morgan fingerprint density at radius 2 is 1.88 bits per heavy atom. The Labute approximate surface area is 150 Å². The number of epoxide rings is 1.